The van der Waals surface area contributed by atoms with Crippen LogP contribution in [0.5, 0.6) is 5.75 Å². The Labute approximate surface area is 283 Å². The van der Waals surface area contributed by atoms with Crippen LogP contribution in [0.1, 0.15) is 33.8 Å². The second-order valence-electron chi connectivity index (χ2n) is 12.3. The van der Waals surface area contributed by atoms with E-state index >= 15 is 0 Å². The number of benzene rings is 2. The number of nitrogens with one attached hydrogen (secondary N) is 1. The van der Waals surface area contributed by atoms with Gasteiger partial charge in [-0.1, -0.05) is 11.6 Å². The minimum atomic E-state index is -3.35. The van der Waals surface area contributed by atoms with Crippen LogP contribution in [0.3, 0.4) is 0 Å². The quantitative estimate of drug-likeness (QED) is 0.267. The molecule has 1 N–H and O–H groups in total. The molecule has 12 nitrogen and oxygen atoms in total. The summed E-state index contributed by atoms with van der Waals surface area (Å²) in [5, 5.41) is 13.7. The number of likely N-dealkylation sites (N-methyl/N-ethyl adjacent to an activating group) is 1. The van der Waals surface area contributed by atoms with E-state index in [1.54, 1.807) is 9.80 Å². The minimum absolute atomic E-state index is 0.000533. The molecule has 262 valence electrons. The van der Waals surface area contributed by atoms with Crippen molar-refractivity contribution in [2.45, 2.75) is 19.5 Å². The van der Waals surface area contributed by atoms with Gasteiger partial charge in [0, 0.05) is 63.2 Å². The fourth-order valence-electron chi connectivity index (χ4n) is 6.21. The van der Waals surface area contributed by atoms with Crippen LogP contribution < -0.4 is 15.2 Å². The maximum absolute atomic E-state index is 14.7. The number of rotatable bonds is 9. The number of piperazine rings is 1. The maximum Gasteiger partial charge on any atom is 0.387 e. The van der Waals surface area contributed by atoms with E-state index in [0.29, 0.717) is 56.6 Å². The van der Waals surface area contributed by atoms with Crippen LogP contribution in [0.2, 0.25) is 5.02 Å². The Morgan fingerprint density at radius 2 is 1.69 bits per heavy atom. The molecule has 2 saturated heterocycles. The van der Waals surface area contributed by atoms with Crippen molar-refractivity contribution in [3.63, 3.8) is 0 Å². The summed E-state index contributed by atoms with van der Waals surface area (Å²) in [6.07, 6.45) is 2.28. The number of alkyl halides is 2. The average molecular weight is 709 g/mol. The van der Waals surface area contributed by atoms with Crippen LogP contribution in [0.15, 0.2) is 36.5 Å². The predicted octanol–water partition coefficient (Wildman–Crippen LogP) is 2.76. The topological polar surface area (TPSA) is 137 Å². The Morgan fingerprint density at radius 3 is 2.31 bits per heavy atom. The van der Waals surface area contributed by atoms with Crippen molar-refractivity contribution in [3.05, 3.63) is 64.6 Å². The summed E-state index contributed by atoms with van der Waals surface area (Å²) in [4.78, 5) is 57.8. The number of carboxylic acid groups (broad SMARTS) is 1. The summed E-state index contributed by atoms with van der Waals surface area (Å²) >= 11 is 6.44. The molecule has 49 heavy (non-hydrogen) atoms. The number of hydrogen-bond acceptors (Lipinski definition) is 7. The number of nitrogens with zero attached hydrogens (tertiary/aromatic N) is 5. The zero-order valence-corrected chi connectivity index (χ0v) is 27.3. The summed E-state index contributed by atoms with van der Waals surface area (Å²) in [7, 11) is 3.23. The summed E-state index contributed by atoms with van der Waals surface area (Å²) in [6.45, 7) is -1.03. The molecule has 1 aromatic heterocycles. The zero-order valence-electron chi connectivity index (χ0n) is 26.6. The summed E-state index contributed by atoms with van der Waals surface area (Å²) < 4.78 is 59.4. The molecular formula is C32H33ClF4N6O6. The molecule has 0 spiro atoms. The number of ether oxygens (including phenoxy) is 1. The van der Waals surface area contributed by atoms with Crippen molar-refractivity contribution < 1.29 is 51.1 Å². The van der Waals surface area contributed by atoms with E-state index < -0.39 is 35.9 Å². The maximum atomic E-state index is 14.7. The van der Waals surface area contributed by atoms with Gasteiger partial charge in [-0.05, 0) is 30.3 Å². The highest BCUT2D eigenvalue weighted by atomic mass is 35.5. The SMILES string of the molecule is Cn1c(-c2ccc(OC(F)F)c(F)c2F)cnc1C(=O)Nc1ccc(C(=O)N2CCN(C(=O)C3CC[N+](C)(CC(=O)[O-])CC3)CC2)c(Cl)c1. The number of anilines is 1. The van der Waals surface area contributed by atoms with Crippen LogP contribution in [0.4, 0.5) is 23.2 Å². The number of piperidine rings is 1. The predicted molar refractivity (Wildman–Crippen MR) is 166 cm³/mol. The van der Waals surface area contributed by atoms with Crippen molar-refractivity contribution >= 4 is 41.0 Å². The Balaban J connectivity index is 1.17. The standard InChI is InChI=1S/C32H33ClF4N6O6/c1-40-23(21-5-6-24(49-32(36)37)27(35)26(21)34)16-38-28(40)29(46)39-19-3-4-20(22(33)15-19)31(48)42-11-9-41(10-12-42)30(47)18-7-13-43(2,14-8-18)17-25(44)45/h3-6,15-16,18,32H,7-14,17H2,1-2H3,(H-,39,44,45,46,48). The molecule has 0 saturated carbocycles. The molecule has 0 atom stereocenters. The first-order valence-electron chi connectivity index (χ1n) is 15.3. The zero-order chi connectivity index (χ0) is 35.6. The van der Waals surface area contributed by atoms with Crippen LogP contribution >= 0.6 is 11.6 Å². The first-order valence-corrected chi connectivity index (χ1v) is 15.7. The van der Waals surface area contributed by atoms with Crippen molar-refractivity contribution in [2.75, 3.05) is 58.2 Å². The van der Waals surface area contributed by atoms with E-state index in [4.69, 9.17) is 11.6 Å². The van der Waals surface area contributed by atoms with Gasteiger partial charge in [-0.3, -0.25) is 14.4 Å². The fraction of sp³-hybridized carbons (Fsp3) is 0.406. The van der Waals surface area contributed by atoms with Gasteiger partial charge >= 0.3 is 6.61 Å². The second-order valence-corrected chi connectivity index (χ2v) is 12.7. The van der Waals surface area contributed by atoms with E-state index in [9.17, 15) is 41.8 Å². The van der Waals surface area contributed by atoms with Gasteiger partial charge in [0.15, 0.2) is 17.4 Å². The van der Waals surface area contributed by atoms with Gasteiger partial charge in [-0.25, -0.2) is 9.37 Å². The molecule has 3 aromatic rings. The summed E-state index contributed by atoms with van der Waals surface area (Å²) in [5.74, 6) is -6.63. The number of halogens is 5. The van der Waals surface area contributed by atoms with Crippen molar-refractivity contribution in [3.8, 4) is 17.0 Å². The molecule has 2 aliphatic rings. The summed E-state index contributed by atoms with van der Waals surface area (Å²) in [5.41, 5.74) is 0.0586. The van der Waals surface area contributed by atoms with Gasteiger partial charge in [0.2, 0.25) is 11.7 Å². The number of quaternary nitrogens is 1. The highest BCUT2D eigenvalue weighted by Gasteiger charge is 2.36. The average Bonchev–Trinajstić information content (AvgIpc) is 3.43. The Morgan fingerprint density at radius 1 is 1.04 bits per heavy atom. The number of amides is 3. The van der Waals surface area contributed by atoms with Gasteiger partial charge in [-0.15, -0.1) is 0 Å². The Hall–Kier alpha value is -4.70. The number of carboxylic acids is 1. The van der Waals surface area contributed by atoms with Crippen molar-refractivity contribution in [1.82, 2.24) is 19.4 Å². The number of aromatic nitrogens is 2. The lowest BCUT2D eigenvalue weighted by molar-refractivity contribution is -0.909. The van der Waals surface area contributed by atoms with Crippen molar-refractivity contribution in [2.24, 2.45) is 13.0 Å². The highest BCUT2D eigenvalue weighted by Crippen LogP contribution is 2.31. The molecule has 0 bridgehead atoms. The largest absolute Gasteiger partial charge is 0.544 e. The second kappa shape index (κ2) is 14.4. The monoisotopic (exact) mass is 708 g/mol. The number of hydrogen-bond donors (Lipinski definition) is 1. The van der Waals surface area contributed by atoms with E-state index in [0.717, 1.165) is 18.3 Å². The van der Waals surface area contributed by atoms with Gasteiger partial charge in [-0.2, -0.15) is 13.2 Å². The number of carbonyl (C=O) groups is 4. The van der Waals surface area contributed by atoms with Crippen LogP contribution in [0.25, 0.3) is 11.3 Å². The number of aliphatic carboxylic acids is 1. The molecule has 17 heteroatoms. The molecule has 0 aliphatic carbocycles. The fourth-order valence-corrected chi connectivity index (χ4v) is 6.47. The van der Waals surface area contributed by atoms with Gasteiger partial charge in [0.25, 0.3) is 11.8 Å². The first kappa shape index (κ1) is 35.6. The smallest absolute Gasteiger partial charge is 0.387 e. The van der Waals surface area contributed by atoms with Crippen molar-refractivity contribution in [1.29, 1.82) is 0 Å². The third-order valence-electron chi connectivity index (χ3n) is 8.96. The molecule has 2 aromatic carbocycles. The molecule has 0 unspecified atom stereocenters. The third-order valence-corrected chi connectivity index (χ3v) is 9.27. The molecule has 0 radical (unpaired) electrons. The van der Waals surface area contributed by atoms with Gasteiger partial charge in [0.05, 0.1) is 48.6 Å². The van der Waals surface area contributed by atoms with Crippen LogP contribution in [-0.4, -0.2) is 107 Å². The van der Waals surface area contributed by atoms with E-state index in [1.807, 2.05) is 7.05 Å². The molecule has 2 aliphatic heterocycles. The number of carbonyl (C=O) groups excluding carboxylic acids is 4. The molecular weight excluding hydrogens is 676 g/mol. The highest BCUT2D eigenvalue weighted by molar-refractivity contribution is 6.34. The molecule has 5 rings (SSSR count). The molecule has 2 fully saturated rings. The van der Waals surface area contributed by atoms with E-state index in [2.05, 4.69) is 15.0 Å². The Bertz CT molecular complexity index is 1770. The lowest BCUT2D eigenvalue weighted by Gasteiger charge is -2.42. The first-order chi connectivity index (χ1) is 23.2. The minimum Gasteiger partial charge on any atom is -0.544 e. The number of likely N-dealkylation sites (tertiary alicyclic amines) is 1. The molecule has 3 amide bonds. The van der Waals surface area contributed by atoms with Crippen LogP contribution in [0, 0.1) is 17.6 Å². The van der Waals surface area contributed by atoms with Gasteiger partial charge in [0.1, 0.15) is 6.54 Å². The van der Waals surface area contributed by atoms with Crippen LogP contribution in [-0.2, 0) is 16.6 Å². The van der Waals surface area contributed by atoms with Gasteiger partial charge < -0.3 is 38.8 Å². The third kappa shape index (κ3) is 7.80. The van der Waals surface area contributed by atoms with E-state index in [1.165, 1.54) is 29.8 Å². The Kier molecular flexibility index (Phi) is 10.5. The lowest BCUT2D eigenvalue weighted by atomic mass is 9.93. The molecule has 3 heterocycles. The number of imidazole rings is 1. The summed E-state index contributed by atoms with van der Waals surface area (Å²) in [6, 6.07) is 6.16. The lowest BCUT2D eigenvalue weighted by Crippen LogP contribution is -2.57. The normalized spacial score (nSPS) is 19.6. The van der Waals surface area contributed by atoms with E-state index in [-0.39, 0.29) is 57.6 Å².